The van der Waals surface area contributed by atoms with Crippen molar-refractivity contribution in [2.75, 3.05) is 26.4 Å². The quantitative estimate of drug-likeness (QED) is 0.724. The molecule has 116 valence electrons. The van der Waals surface area contributed by atoms with Gasteiger partial charge >= 0.3 is 7.60 Å². The lowest BCUT2D eigenvalue weighted by Gasteiger charge is -2.23. The Bertz CT molecular complexity index is 550. The molecule has 1 unspecified atom stereocenters. The second-order valence-electron chi connectivity index (χ2n) is 4.98. The Kier molecular flexibility index (Phi) is 5.20. The normalized spacial score (nSPS) is 18.1. The van der Waals surface area contributed by atoms with Crippen LogP contribution in [0.5, 0.6) is 0 Å². The first-order valence-corrected chi connectivity index (χ1v) is 8.99. The lowest BCUT2D eigenvalue weighted by Crippen LogP contribution is -2.24. The van der Waals surface area contributed by atoms with Gasteiger partial charge in [0.15, 0.2) is 0 Å². The summed E-state index contributed by atoms with van der Waals surface area (Å²) in [4.78, 5) is 13.9. The number of hydrogen-bond donors (Lipinski definition) is 0. The molecule has 21 heavy (non-hydrogen) atoms. The highest BCUT2D eigenvalue weighted by Gasteiger charge is 2.35. The Morgan fingerprint density at radius 3 is 2.43 bits per heavy atom. The minimum absolute atomic E-state index is 0.0123. The van der Waals surface area contributed by atoms with E-state index in [9.17, 15) is 9.36 Å². The highest BCUT2D eigenvalue weighted by molar-refractivity contribution is 7.53. The Balaban J connectivity index is 2.13. The van der Waals surface area contributed by atoms with Crippen LogP contribution in [0.4, 0.5) is 0 Å². The Labute approximate surface area is 125 Å². The second kappa shape index (κ2) is 6.73. The van der Waals surface area contributed by atoms with E-state index in [1.54, 1.807) is 25.8 Å². The average molecular weight is 311 g/mol. The minimum atomic E-state index is -3.07. The average Bonchev–Trinajstić information content (AvgIpc) is 2.70. The zero-order valence-electron chi connectivity index (χ0n) is 12.7. The third-order valence-electron chi connectivity index (χ3n) is 3.67. The largest absolute Gasteiger partial charge is 0.335 e. The van der Waals surface area contributed by atoms with Crippen LogP contribution in [-0.2, 0) is 13.6 Å². The van der Waals surface area contributed by atoms with E-state index in [1.807, 2.05) is 24.3 Å². The Hall–Kier alpha value is -1.16. The smallest absolute Gasteiger partial charge is 0.330 e. The molecule has 0 radical (unpaired) electrons. The van der Waals surface area contributed by atoms with Crippen LogP contribution in [-0.4, -0.2) is 37.2 Å². The number of rotatable bonds is 7. The van der Waals surface area contributed by atoms with E-state index in [0.717, 1.165) is 11.1 Å². The number of fused-ring (bicyclic) bond motifs is 1. The molecule has 0 saturated heterocycles. The van der Waals surface area contributed by atoms with Crippen LogP contribution in [0.3, 0.4) is 0 Å². The van der Waals surface area contributed by atoms with Crippen molar-refractivity contribution in [2.24, 2.45) is 0 Å². The number of hydrogen-bond acceptors (Lipinski definition) is 4. The topological polar surface area (TPSA) is 55.8 Å². The maximum Gasteiger partial charge on any atom is 0.330 e. The molecule has 1 aliphatic rings. The van der Waals surface area contributed by atoms with Gasteiger partial charge in [0.25, 0.3) is 5.91 Å². The van der Waals surface area contributed by atoms with Crippen molar-refractivity contribution in [3.8, 4) is 0 Å². The van der Waals surface area contributed by atoms with Crippen molar-refractivity contribution in [1.82, 2.24) is 4.90 Å². The van der Waals surface area contributed by atoms with Gasteiger partial charge in [0, 0.05) is 12.6 Å². The molecule has 1 atom stereocenters. The zero-order valence-corrected chi connectivity index (χ0v) is 13.6. The van der Waals surface area contributed by atoms with Gasteiger partial charge in [0.2, 0.25) is 0 Å². The summed E-state index contributed by atoms with van der Waals surface area (Å²) in [5.74, 6) is 0.0123. The predicted molar refractivity (Wildman–Crippen MR) is 81.6 cm³/mol. The summed E-state index contributed by atoms with van der Waals surface area (Å²) in [6.45, 7) is 4.30. The Morgan fingerprint density at radius 2 is 1.81 bits per heavy atom. The van der Waals surface area contributed by atoms with Crippen molar-refractivity contribution < 1.29 is 18.4 Å². The third-order valence-corrected chi connectivity index (χ3v) is 5.78. The van der Waals surface area contributed by atoms with E-state index < -0.39 is 7.60 Å². The van der Waals surface area contributed by atoms with E-state index in [0.29, 0.717) is 25.8 Å². The minimum Gasteiger partial charge on any atom is -0.335 e. The lowest BCUT2D eigenvalue weighted by molar-refractivity contribution is 0.0769. The van der Waals surface area contributed by atoms with E-state index in [4.69, 9.17) is 9.05 Å². The van der Waals surface area contributed by atoms with E-state index >= 15 is 0 Å². The molecule has 1 heterocycles. The van der Waals surface area contributed by atoms with Gasteiger partial charge in [-0.2, -0.15) is 0 Å². The van der Waals surface area contributed by atoms with E-state index in [-0.39, 0.29) is 11.9 Å². The van der Waals surface area contributed by atoms with Gasteiger partial charge in [0.1, 0.15) is 0 Å². The van der Waals surface area contributed by atoms with Crippen LogP contribution in [0.1, 0.15) is 42.2 Å². The van der Waals surface area contributed by atoms with Crippen molar-refractivity contribution in [1.29, 1.82) is 0 Å². The number of benzene rings is 1. The first-order chi connectivity index (χ1) is 10.0. The molecule has 1 aliphatic heterocycles. The number of carbonyl (C=O) groups is 1. The lowest BCUT2D eigenvalue weighted by atomic mass is 10.0. The highest BCUT2D eigenvalue weighted by Crippen LogP contribution is 2.50. The molecule has 6 heteroatoms. The summed E-state index contributed by atoms with van der Waals surface area (Å²) in [5, 5.41) is 0. The molecule has 1 aromatic rings. The molecule has 1 amide bonds. The fourth-order valence-electron chi connectivity index (χ4n) is 2.71. The van der Waals surface area contributed by atoms with Gasteiger partial charge in [-0.1, -0.05) is 18.2 Å². The summed E-state index contributed by atoms with van der Waals surface area (Å²) >= 11 is 0. The van der Waals surface area contributed by atoms with Gasteiger partial charge in [-0.05, 0) is 31.9 Å². The monoisotopic (exact) mass is 311 g/mol. The number of carbonyl (C=O) groups excluding carboxylic acids is 1. The molecule has 0 bridgehead atoms. The highest BCUT2D eigenvalue weighted by atomic mass is 31.2. The molecule has 0 spiro atoms. The fraction of sp³-hybridized carbons (Fsp3) is 0.533. The molecule has 2 rings (SSSR count). The molecule has 0 aromatic heterocycles. The third kappa shape index (κ3) is 3.37. The molecule has 5 nitrogen and oxygen atoms in total. The SMILES string of the molecule is CCOP(=O)(CCC1c2ccccc2C(=O)N1C)OCC. The van der Waals surface area contributed by atoms with Gasteiger partial charge in [-0.3, -0.25) is 9.36 Å². The van der Waals surface area contributed by atoms with Gasteiger partial charge in [-0.25, -0.2) is 0 Å². The summed E-state index contributed by atoms with van der Waals surface area (Å²) in [6, 6.07) is 7.50. The Morgan fingerprint density at radius 1 is 1.19 bits per heavy atom. The maximum atomic E-state index is 12.5. The van der Waals surface area contributed by atoms with E-state index in [1.165, 1.54) is 0 Å². The van der Waals surface area contributed by atoms with Crippen LogP contribution >= 0.6 is 7.60 Å². The summed E-state index contributed by atoms with van der Waals surface area (Å²) in [5.41, 5.74) is 1.72. The van der Waals surface area contributed by atoms with Crippen LogP contribution < -0.4 is 0 Å². The van der Waals surface area contributed by atoms with Crippen molar-refractivity contribution in [3.63, 3.8) is 0 Å². The standard InChI is InChI=1S/C15H22NO4P/c1-4-19-21(18,20-5-2)11-10-14-12-8-6-7-9-13(12)15(17)16(14)3/h6-9,14H,4-5,10-11H2,1-3H3. The molecule has 1 aromatic carbocycles. The fourth-order valence-corrected chi connectivity index (χ4v) is 4.39. The summed E-state index contributed by atoms with van der Waals surface area (Å²) < 4.78 is 23.1. The van der Waals surface area contributed by atoms with Gasteiger partial charge < -0.3 is 13.9 Å². The van der Waals surface area contributed by atoms with Gasteiger partial charge in [0.05, 0.1) is 25.4 Å². The van der Waals surface area contributed by atoms with Crippen LogP contribution in [0.25, 0.3) is 0 Å². The molecule has 0 fully saturated rings. The second-order valence-corrected chi connectivity index (χ2v) is 7.16. The van der Waals surface area contributed by atoms with Crippen molar-refractivity contribution in [2.45, 2.75) is 26.3 Å². The molecule has 0 aliphatic carbocycles. The predicted octanol–water partition coefficient (Wildman–Crippen LogP) is 3.47. The summed E-state index contributed by atoms with van der Waals surface area (Å²) in [7, 11) is -1.29. The van der Waals surface area contributed by atoms with Crippen molar-refractivity contribution in [3.05, 3.63) is 35.4 Å². The first-order valence-electron chi connectivity index (χ1n) is 7.26. The molecule has 0 N–H and O–H groups in total. The van der Waals surface area contributed by atoms with E-state index in [2.05, 4.69) is 0 Å². The zero-order chi connectivity index (χ0) is 15.5. The van der Waals surface area contributed by atoms with Crippen molar-refractivity contribution >= 4 is 13.5 Å². The molecular formula is C15H22NO4P. The van der Waals surface area contributed by atoms with Crippen LogP contribution in [0, 0.1) is 0 Å². The van der Waals surface area contributed by atoms with Crippen LogP contribution in [0.2, 0.25) is 0 Å². The summed E-state index contributed by atoms with van der Waals surface area (Å²) in [6.07, 6.45) is 0.877. The van der Waals surface area contributed by atoms with Gasteiger partial charge in [-0.15, -0.1) is 0 Å². The number of nitrogens with zero attached hydrogens (tertiary/aromatic N) is 1. The van der Waals surface area contributed by atoms with Crippen LogP contribution in [0.15, 0.2) is 24.3 Å². The maximum absolute atomic E-state index is 12.5. The number of amides is 1. The molecular weight excluding hydrogens is 289 g/mol. The first kappa shape index (κ1) is 16.2. The molecule has 0 saturated carbocycles.